The Bertz CT molecular complexity index is 320. The Hall–Kier alpha value is 0.293. The summed E-state index contributed by atoms with van der Waals surface area (Å²) in [6, 6.07) is 0. The first-order valence-electron chi connectivity index (χ1n) is 7.74. The third-order valence-electron chi connectivity index (χ3n) is 3.13. The van der Waals surface area contributed by atoms with E-state index in [-0.39, 0.29) is 24.8 Å². The quantitative estimate of drug-likeness (QED) is 0.428. The van der Waals surface area contributed by atoms with Crippen molar-refractivity contribution in [3.05, 3.63) is 47.6 Å². The van der Waals surface area contributed by atoms with E-state index < -0.39 is 0 Å². The molecule has 124 valence electrons. The van der Waals surface area contributed by atoms with Crippen LogP contribution in [0.5, 0.6) is 0 Å². The van der Waals surface area contributed by atoms with Crippen LogP contribution < -0.4 is 0 Å². The van der Waals surface area contributed by atoms with Crippen LogP contribution in [0.1, 0.15) is 65.2 Å². The number of allylic oxidation sites excluding steroid dienone is 8. The Balaban J connectivity index is -0.000000273. The van der Waals surface area contributed by atoms with Crippen molar-refractivity contribution in [2.24, 2.45) is 0 Å². The zero-order valence-electron chi connectivity index (χ0n) is 14.0. The van der Waals surface area contributed by atoms with Crippen molar-refractivity contribution in [2.75, 3.05) is 0 Å². The van der Waals surface area contributed by atoms with Crippen LogP contribution in [0.2, 0.25) is 0 Å². The molecular weight excluding hydrogens is 390 g/mol. The van der Waals surface area contributed by atoms with Crippen molar-refractivity contribution in [1.29, 1.82) is 0 Å². The van der Waals surface area contributed by atoms with E-state index in [1.54, 1.807) is 0 Å². The van der Waals surface area contributed by atoms with Crippen molar-refractivity contribution in [3.63, 3.8) is 0 Å². The molecule has 2 aliphatic carbocycles. The number of hydrogen-bond donors (Lipinski definition) is 0. The predicted octanol–water partition coefficient (Wildman–Crippen LogP) is 6.54. The van der Waals surface area contributed by atoms with Crippen LogP contribution in [0, 0.1) is 12.2 Å². The molecular formula is C19H30Cl2Zr. The van der Waals surface area contributed by atoms with E-state index in [4.69, 9.17) is 0 Å². The van der Waals surface area contributed by atoms with Gasteiger partial charge in [-0.25, -0.2) is 23.3 Å². The Morgan fingerprint density at radius 1 is 0.864 bits per heavy atom. The molecule has 22 heavy (non-hydrogen) atoms. The molecule has 0 saturated carbocycles. The van der Waals surface area contributed by atoms with Gasteiger partial charge in [0.15, 0.2) is 0 Å². The van der Waals surface area contributed by atoms with Gasteiger partial charge in [0.1, 0.15) is 0 Å². The number of hydrogen-bond acceptors (Lipinski definition) is 0. The molecule has 0 aliphatic heterocycles. The van der Waals surface area contributed by atoms with Gasteiger partial charge in [0.25, 0.3) is 0 Å². The van der Waals surface area contributed by atoms with Crippen LogP contribution in [0.4, 0.5) is 0 Å². The molecule has 0 bridgehead atoms. The fourth-order valence-electron chi connectivity index (χ4n) is 1.98. The first-order chi connectivity index (χ1) is 9.86. The second kappa shape index (κ2) is 21.3. The third kappa shape index (κ3) is 15.2. The molecule has 0 aromatic heterocycles. The Labute approximate surface area is 165 Å². The number of rotatable bonds is 6. The fraction of sp³-hybridized carbons (Fsp3) is 0.526. The zero-order chi connectivity index (χ0) is 15.1. The van der Waals surface area contributed by atoms with Crippen LogP contribution in [0.3, 0.4) is 0 Å². The predicted molar refractivity (Wildman–Crippen MR) is 102 cm³/mol. The molecule has 0 aromatic carbocycles. The minimum absolute atomic E-state index is 0. The van der Waals surface area contributed by atoms with Gasteiger partial charge in [-0.05, 0) is 0 Å². The van der Waals surface area contributed by atoms with Gasteiger partial charge in [0, 0.05) is 0 Å². The molecule has 0 atom stereocenters. The molecule has 3 heteroatoms. The Morgan fingerprint density at radius 3 is 1.45 bits per heavy atom. The summed E-state index contributed by atoms with van der Waals surface area (Å²) in [6.07, 6.45) is 25.1. The van der Waals surface area contributed by atoms with Crippen molar-refractivity contribution < 1.29 is 24.2 Å². The first-order valence-corrected chi connectivity index (χ1v) is 9.48. The van der Waals surface area contributed by atoms with Crippen molar-refractivity contribution >= 4 is 29.0 Å². The molecule has 0 spiro atoms. The molecule has 2 aliphatic rings. The maximum absolute atomic E-state index is 3.34. The van der Waals surface area contributed by atoms with Gasteiger partial charge in [-0.2, -0.15) is 12.2 Å². The molecule has 0 fully saturated rings. The van der Waals surface area contributed by atoms with Crippen molar-refractivity contribution in [3.8, 4) is 0 Å². The van der Waals surface area contributed by atoms with Gasteiger partial charge in [-0.1, -0.05) is 52.4 Å². The molecule has 0 amide bonds. The Kier molecular flexibility index (Phi) is 26.3. The summed E-state index contributed by atoms with van der Waals surface area (Å²) in [5, 5.41) is 0. The molecule has 0 radical (unpaired) electrons. The summed E-state index contributed by atoms with van der Waals surface area (Å²) in [5.41, 5.74) is 2.83. The van der Waals surface area contributed by atoms with Crippen LogP contribution in [0.25, 0.3) is 0 Å². The van der Waals surface area contributed by atoms with E-state index >= 15 is 0 Å². The van der Waals surface area contributed by atoms with Crippen molar-refractivity contribution in [2.45, 2.75) is 65.2 Å². The monoisotopic (exact) mass is 418 g/mol. The summed E-state index contributed by atoms with van der Waals surface area (Å²) in [7, 11) is 0. The van der Waals surface area contributed by atoms with E-state index in [1.165, 1.54) is 73.9 Å². The third-order valence-corrected chi connectivity index (χ3v) is 3.13. The fourth-order valence-corrected chi connectivity index (χ4v) is 1.98. The zero-order valence-corrected chi connectivity index (χ0v) is 18.1. The van der Waals surface area contributed by atoms with Crippen LogP contribution in [-0.2, 0) is 24.2 Å². The number of halogens is 2. The molecule has 2 rings (SSSR count). The molecule has 0 N–H and O–H groups in total. The normalized spacial score (nSPS) is 13.6. The van der Waals surface area contributed by atoms with Gasteiger partial charge in [0.05, 0.1) is 0 Å². The number of unbranched alkanes of at least 4 members (excludes halogenated alkanes) is 2. The average Bonchev–Trinajstić information content (AvgIpc) is 3.19. The van der Waals surface area contributed by atoms with Crippen LogP contribution in [0.15, 0.2) is 35.5 Å². The Morgan fingerprint density at radius 2 is 1.23 bits per heavy atom. The summed E-state index contributed by atoms with van der Waals surface area (Å²) in [6.45, 7) is 4.44. The van der Waals surface area contributed by atoms with Gasteiger partial charge >= 0.3 is 28.4 Å². The van der Waals surface area contributed by atoms with Crippen molar-refractivity contribution in [1.82, 2.24) is 0 Å². The second-order valence-electron chi connectivity index (χ2n) is 4.82. The molecule has 0 nitrogen and oxygen atoms in total. The first kappa shape index (κ1) is 27.2. The SMILES string of the molecule is CCCCC1=[C-]CC=C1.CCCCC1=[C-]CC=C1.Cl.Cl.[CH2]=[Zr+2]. The van der Waals surface area contributed by atoms with E-state index in [9.17, 15) is 0 Å². The van der Waals surface area contributed by atoms with Gasteiger partial charge in [-0.15, -0.1) is 37.7 Å². The minimum atomic E-state index is 0. The van der Waals surface area contributed by atoms with Gasteiger partial charge in [0.2, 0.25) is 0 Å². The van der Waals surface area contributed by atoms with Gasteiger partial charge in [-0.3, -0.25) is 12.2 Å². The van der Waals surface area contributed by atoms with E-state index in [1.807, 2.05) is 0 Å². The molecule has 0 aromatic rings. The summed E-state index contributed by atoms with van der Waals surface area (Å²) >= 11 is 1.30. The van der Waals surface area contributed by atoms with E-state index in [0.717, 1.165) is 12.8 Å². The van der Waals surface area contributed by atoms with Gasteiger partial charge < -0.3 is 0 Å². The maximum atomic E-state index is 3.34. The van der Waals surface area contributed by atoms with Crippen LogP contribution in [-0.4, -0.2) is 4.21 Å². The average molecular weight is 421 g/mol. The molecule has 0 saturated heterocycles. The standard InChI is InChI=1S/2C9H13.CH2.2ClH.Zr/c2*1-2-3-6-9-7-4-5-8-9;;;;/h2*4,7H,2-3,5-6H2,1H3;1H2;2*1H;/q2*-1;;;;+2. The topological polar surface area (TPSA) is 0 Å². The summed E-state index contributed by atoms with van der Waals surface area (Å²) < 4.78 is 3.34. The summed E-state index contributed by atoms with van der Waals surface area (Å²) in [4.78, 5) is 0. The van der Waals surface area contributed by atoms with E-state index in [0.29, 0.717) is 0 Å². The van der Waals surface area contributed by atoms with E-state index in [2.05, 4.69) is 54.5 Å². The van der Waals surface area contributed by atoms with Crippen LogP contribution >= 0.6 is 24.8 Å². The molecule has 0 heterocycles. The summed E-state index contributed by atoms with van der Waals surface area (Å²) in [5.74, 6) is 0. The molecule has 0 unspecified atom stereocenters. The second-order valence-corrected chi connectivity index (χ2v) is 4.82.